The van der Waals surface area contributed by atoms with Crippen LogP contribution in [-0.4, -0.2) is 65.2 Å². The van der Waals surface area contributed by atoms with Crippen LogP contribution in [0.1, 0.15) is 37.0 Å². The van der Waals surface area contributed by atoms with Crippen molar-refractivity contribution < 1.29 is 14.1 Å². The van der Waals surface area contributed by atoms with Gasteiger partial charge >= 0.3 is 0 Å². The smallest absolute Gasteiger partial charge is 0.224 e. The Morgan fingerprint density at radius 3 is 2.86 bits per heavy atom. The zero-order valence-corrected chi connectivity index (χ0v) is 12.5. The summed E-state index contributed by atoms with van der Waals surface area (Å²) in [6, 6.07) is 0.194. The van der Waals surface area contributed by atoms with Gasteiger partial charge in [0.2, 0.25) is 11.8 Å². The van der Waals surface area contributed by atoms with Gasteiger partial charge in [0.1, 0.15) is 0 Å². The number of morpholine rings is 1. The molecule has 116 valence electrons. The first-order valence-corrected chi connectivity index (χ1v) is 7.64. The normalized spacial score (nSPS) is 23.7. The first-order chi connectivity index (χ1) is 10.2. The molecule has 2 aliphatic rings. The second-order valence-electron chi connectivity index (χ2n) is 5.61. The summed E-state index contributed by atoms with van der Waals surface area (Å²) in [7, 11) is 0. The minimum Gasteiger partial charge on any atom is -0.378 e. The molecule has 0 aromatic carbocycles. The monoisotopic (exact) mass is 294 g/mol. The summed E-state index contributed by atoms with van der Waals surface area (Å²) < 4.78 is 10.3. The largest absolute Gasteiger partial charge is 0.378 e. The van der Waals surface area contributed by atoms with Crippen molar-refractivity contribution in [3.05, 3.63) is 11.7 Å². The third kappa shape index (κ3) is 3.41. The van der Waals surface area contributed by atoms with Gasteiger partial charge in [-0.2, -0.15) is 4.98 Å². The highest BCUT2D eigenvalue weighted by Crippen LogP contribution is 2.30. The standard InChI is InChI=1S/C14H22N4O3/c1-11-15-14(16-21-11)12-3-2-5-17(12)6-4-13(19)18-7-9-20-10-8-18/h12H,2-10H2,1H3/t12-/m0/s1. The van der Waals surface area contributed by atoms with Crippen LogP contribution in [0.4, 0.5) is 0 Å². The highest BCUT2D eigenvalue weighted by atomic mass is 16.5. The molecular weight excluding hydrogens is 272 g/mol. The summed E-state index contributed by atoms with van der Waals surface area (Å²) in [5, 5.41) is 4.03. The van der Waals surface area contributed by atoms with E-state index in [1.54, 1.807) is 6.92 Å². The number of aromatic nitrogens is 2. The molecule has 0 spiro atoms. The second-order valence-corrected chi connectivity index (χ2v) is 5.61. The molecule has 0 saturated carbocycles. The number of hydrogen-bond donors (Lipinski definition) is 0. The van der Waals surface area contributed by atoms with Crippen molar-refractivity contribution in [2.75, 3.05) is 39.4 Å². The summed E-state index contributed by atoms with van der Waals surface area (Å²) in [6.45, 7) is 6.29. The van der Waals surface area contributed by atoms with E-state index < -0.39 is 0 Å². The molecule has 3 rings (SSSR count). The van der Waals surface area contributed by atoms with E-state index in [2.05, 4.69) is 15.0 Å². The Bertz CT molecular complexity index is 484. The van der Waals surface area contributed by atoms with Crippen molar-refractivity contribution in [3.8, 4) is 0 Å². The molecule has 1 amide bonds. The topological polar surface area (TPSA) is 71.7 Å². The Kier molecular flexibility index (Phi) is 4.50. The van der Waals surface area contributed by atoms with Crippen molar-refractivity contribution in [1.29, 1.82) is 0 Å². The molecule has 1 aromatic heterocycles. The average Bonchev–Trinajstić information content (AvgIpc) is 3.14. The number of rotatable bonds is 4. The molecule has 7 heteroatoms. The van der Waals surface area contributed by atoms with Crippen LogP contribution in [0.2, 0.25) is 0 Å². The van der Waals surface area contributed by atoms with E-state index in [9.17, 15) is 4.79 Å². The van der Waals surface area contributed by atoms with E-state index in [-0.39, 0.29) is 11.9 Å². The number of carbonyl (C=O) groups is 1. The van der Waals surface area contributed by atoms with Crippen molar-refractivity contribution in [3.63, 3.8) is 0 Å². The highest BCUT2D eigenvalue weighted by Gasteiger charge is 2.30. The van der Waals surface area contributed by atoms with E-state index in [1.165, 1.54) is 0 Å². The van der Waals surface area contributed by atoms with Crippen LogP contribution >= 0.6 is 0 Å². The Morgan fingerprint density at radius 1 is 1.33 bits per heavy atom. The SMILES string of the molecule is Cc1nc([C@@H]2CCCN2CCC(=O)N2CCOCC2)no1. The molecule has 3 heterocycles. The lowest BCUT2D eigenvalue weighted by Gasteiger charge is -2.28. The number of nitrogens with zero attached hydrogens (tertiary/aromatic N) is 4. The van der Waals surface area contributed by atoms with Crippen LogP contribution in [0.15, 0.2) is 4.52 Å². The molecule has 1 aromatic rings. The van der Waals surface area contributed by atoms with Gasteiger partial charge in [-0.1, -0.05) is 5.16 Å². The number of amides is 1. The fourth-order valence-corrected chi connectivity index (χ4v) is 3.05. The van der Waals surface area contributed by atoms with Crippen LogP contribution in [0.5, 0.6) is 0 Å². The van der Waals surface area contributed by atoms with E-state index >= 15 is 0 Å². The number of ether oxygens (including phenoxy) is 1. The Hall–Kier alpha value is -1.47. The zero-order chi connectivity index (χ0) is 14.7. The Balaban J connectivity index is 1.53. The van der Waals surface area contributed by atoms with Crippen molar-refractivity contribution >= 4 is 5.91 Å². The fraction of sp³-hybridized carbons (Fsp3) is 0.786. The fourth-order valence-electron chi connectivity index (χ4n) is 3.05. The van der Waals surface area contributed by atoms with E-state index in [0.717, 1.165) is 31.8 Å². The maximum Gasteiger partial charge on any atom is 0.224 e. The van der Waals surface area contributed by atoms with Crippen molar-refractivity contribution in [1.82, 2.24) is 19.9 Å². The van der Waals surface area contributed by atoms with Gasteiger partial charge in [0.05, 0.1) is 19.3 Å². The first-order valence-electron chi connectivity index (χ1n) is 7.64. The minimum atomic E-state index is 0.194. The van der Waals surface area contributed by atoms with E-state index in [0.29, 0.717) is 38.6 Å². The number of hydrogen-bond acceptors (Lipinski definition) is 6. The molecule has 2 fully saturated rings. The summed E-state index contributed by atoms with van der Waals surface area (Å²) in [4.78, 5) is 20.7. The van der Waals surface area contributed by atoms with Gasteiger partial charge in [-0.15, -0.1) is 0 Å². The lowest BCUT2D eigenvalue weighted by atomic mass is 10.2. The van der Waals surface area contributed by atoms with Crippen LogP contribution in [0.3, 0.4) is 0 Å². The summed E-state index contributed by atoms with van der Waals surface area (Å²) in [5.74, 6) is 1.57. The second kappa shape index (κ2) is 6.53. The maximum atomic E-state index is 12.2. The summed E-state index contributed by atoms with van der Waals surface area (Å²) >= 11 is 0. The lowest BCUT2D eigenvalue weighted by molar-refractivity contribution is -0.135. The molecule has 0 aliphatic carbocycles. The van der Waals surface area contributed by atoms with E-state index in [1.807, 2.05) is 4.90 Å². The third-order valence-corrected chi connectivity index (χ3v) is 4.18. The van der Waals surface area contributed by atoms with Gasteiger partial charge < -0.3 is 14.2 Å². The van der Waals surface area contributed by atoms with Crippen LogP contribution in [-0.2, 0) is 9.53 Å². The highest BCUT2D eigenvalue weighted by molar-refractivity contribution is 5.76. The van der Waals surface area contributed by atoms with E-state index in [4.69, 9.17) is 9.26 Å². The molecular formula is C14H22N4O3. The molecule has 0 bridgehead atoms. The van der Waals surface area contributed by atoms with Gasteiger partial charge in [0.25, 0.3) is 0 Å². The molecule has 2 aliphatic heterocycles. The Morgan fingerprint density at radius 2 is 2.14 bits per heavy atom. The minimum absolute atomic E-state index is 0.194. The van der Waals surface area contributed by atoms with Gasteiger partial charge in [0, 0.05) is 33.0 Å². The van der Waals surface area contributed by atoms with Crippen molar-refractivity contribution in [2.24, 2.45) is 0 Å². The predicted octanol–water partition coefficient (Wildman–Crippen LogP) is 0.764. The maximum absolute atomic E-state index is 12.2. The number of aryl methyl sites for hydroxylation is 1. The molecule has 0 unspecified atom stereocenters. The van der Waals surface area contributed by atoms with Gasteiger partial charge in [0.15, 0.2) is 5.82 Å². The Labute approximate surface area is 124 Å². The average molecular weight is 294 g/mol. The molecule has 0 radical (unpaired) electrons. The lowest BCUT2D eigenvalue weighted by Crippen LogP contribution is -2.42. The molecule has 2 saturated heterocycles. The van der Waals surface area contributed by atoms with Gasteiger partial charge in [-0.3, -0.25) is 9.69 Å². The van der Waals surface area contributed by atoms with Crippen LogP contribution < -0.4 is 0 Å². The first kappa shape index (κ1) is 14.5. The number of likely N-dealkylation sites (tertiary alicyclic amines) is 1. The van der Waals surface area contributed by atoms with Gasteiger partial charge in [-0.05, 0) is 19.4 Å². The van der Waals surface area contributed by atoms with Crippen LogP contribution in [0, 0.1) is 6.92 Å². The molecule has 1 atom stereocenters. The molecule has 0 N–H and O–H groups in total. The van der Waals surface area contributed by atoms with Gasteiger partial charge in [-0.25, -0.2) is 0 Å². The number of carbonyl (C=O) groups excluding carboxylic acids is 1. The predicted molar refractivity (Wildman–Crippen MR) is 74.6 cm³/mol. The zero-order valence-electron chi connectivity index (χ0n) is 12.5. The van der Waals surface area contributed by atoms with Crippen molar-refractivity contribution in [2.45, 2.75) is 32.2 Å². The summed E-state index contributed by atoms with van der Waals surface area (Å²) in [6.07, 6.45) is 2.70. The van der Waals surface area contributed by atoms with Crippen LogP contribution in [0.25, 0.3) is 0 Å². The molecule has 7 nitrogen and oxygen atoms in total. The quantitative estimate of drug-likeness (QED) is 0.816. The molecule has 21 heavy (non-hydrogen) atoms. The summed E-state index contributed by atoms with van der Waals surface area (Å²) in [5.41, 5.74) is 0. The third-order valence-electron chi connectivity index (χ3n) is 4.18.